The summed E-state index contributed by atoms with van der Waals surface area (Å²) < 4.78 is 51.5. The van der Waals surface area contributed by atoms with Crippen LogP contribution in [0.25, 0.3) is 32.8 Å². The van der Waals surface area contributed by atoms with Crippen molar-refractivity contribution >= 4 is 27.5 Å². The van der Waals surface area contributed by atoms with Gasteiger partial charge in [0.1, 0.15) is 17.1 Å². The Morgan fingerprint density at radius 3 is 2.47 bits per heavy atom. The first kappa shape index (κ1) is 30.9. The molecule has 4 aromatic rings. The molecule has 3 aromatic carbocycles. The number of hydrogen-bond donors (Lipinski definition) is 2. The Kier molecular flexibility index (Phi) is 6.93. The van der Waals surface area contributed by atoms with Gasteiger partial charge in [-0.05, 0) is 99.3 Å². The summed E-state index contributed by atoms with van der Waals surface area (Å²) in [6, 6.07) is 11.5. The lowest BCUT2D eigenvalue weighted by Gasteiger charge is -2.35. The fraction of sp³-hybridized carbons (Fsp3) is 0.487. The van der Waals surface area contributed by atoms with Crippen molar-refractivity contribution in [3.05, 3.63) is 53.3 Å². The Morgan fingerprint density at radius 2 is 1.80 bits per heavy atom. The maximum Gasteiger partial charge on any atom is 0.319 e. The Hall–Kier alpha value is -4.07. The van der Waals surface area contributed by atoms with Crippen LogP contribution in [0, 0.1) is 35.9 Å². The number of alkyl halides is 2. The van der Waals surface area contributed by atoms with Crippen LogP contribution in [0.2, 0.25) is 0 Å². The summed E-state index contributed by atoms with van der Waals surface area (Å²) in [5, 5.41) is 16.4. The minimum atomic E-state index is -2.50. The first-order valence-corrected chi connectivity index (χ1v) is 17.5. The molecule has 3 aliphatic heterocycles. The third kappa shape index (κ3) is 5.20. The molecule has 2 aliphatic carbocycles. The van der Waals surface area contributed by atoms with Crippen LogP contribution < -0.4 is 15.0 Å². The number of aromatic hydroxyl groups is 1. The van der Waals surface area contributed by atoms with Gasteiger partial charge in [0, 0.05) is 70.9 Å². The minimum absolute atomic E-state index is 0.0173. The molecule has 0 amide bonds. The number of hydrogen-bond acceptors (Lipinski definition) is 7. The van der Waals surface area contributed by atoms with Gasteiger partial charge in [0.15, 0.2) is 5.82 Å². The predicted octanol–water partition coefficient (Wildman–Crippen LogP) is 6.81. The van der Waals surface area contributed by atoms with Crippen LogP contribution in [0.5, 0.6) is 11.8 Å². The molecule has 9 rings (SSSR count). The smallest absolute Gasteiger partial charge is 0.319 e. The zero-order valence-corrected chi connectivity index (χ0v) is 27.7. The average molecular weight is 668 g/mol. The fourth-order valence-electron chi connectivity index (χ4n) is 8.93. The van der Waals surface area contributed by atoms with Crippen molar-refractivity contribution in [2.45, 2.75) is 69.9 Å². The fourth-order valence-corrected chi connectivity index (χ4v) is 8.93. The van der Waals surface area contributed by atoms with Crippen molar-refractivity contribution in [2.75, 3.05) is 44.2 Å². The van der Waals surface area contributed by atoms with Crippen LogP contribution in [0.3, 0.4) is 0 Å². The molecule has 1 aromatic heterocycles. The number of nitrogens with zero attached hydrogens (tertiary/aromatic N) is 4. The number of phenols is 1. The average Bonchev–Trinajstić information content (AvgIpc) is 3.92. The molecule has 0 radical (unpaired) electrons. The molecule has 10 heteroatoms. The number of piperidine rings is 1. The normalized spacial score (nSPS) is 24.8. The van der Waals surface area contributed by atoms with Gasteiger partial charge in [0.05, 0.1) is 6.61 Å². The van der Waals surface area contributed by atoms with E-state index in [1.807, 2.05) is 31.2 Å². The second kappa shape index (κ2) is 11.0. The van der Waals surface area contributed by atoms with Gasteiger partial charge < -0.3 is 25.0 Å². The highest BCUT2D eigenvalue weighted by molar-refractivity contribution is 6.04. The van der Waals surface area contributed by atoms with Crippen molar-refractivity contribution < 1.29 is 23.0 Å². The number of phenolic OH excluding ortho intramolecular Hbond substituents is 1. The van der Waals surface area contributed by atoms with E-state index in [1.54, 1.807) is 12.1 Å². The van der Waals surface area contributed by atoms with E-state index < -0.39 is 17.2 Å². The van der Waals surface area contributed by atoms with Crippen LogP contribution in [0.1, 0.15) is 56.1 Å². The number of rotatable bonds is 7. The Labute approximate surface area is 283 Å². The molecule has 2 bridgehead atoms. The number of terminal acetylenes is 1. The molecular formula is C39H40F3N5O2. The summed E-state index contributed by atoms with van der Waals surface area (Å²) in [6.07, 6.45) is 11.1. The molecule has 2 unspecified atom stereocenters. The molecular weight excluding hydrogens is 627 g/mol. The number of ether oxygens (including phenoxy) is 1. The van der Waals surface area contributed by atoms with E-state index in [4.69, 9.17) is 21.1 Å². The predicted molar refractivity (Wildman–Crippen MR) is 184 cm³/mol. The number of aromatic nitrogens is 2. The van der Waals surface area contributed by atoms with Gasteiger partial charge >= 0.3 is 6.01 Å². The highest BCUT2D eigenvalue weighted by Crippen LogP contribution is 2.66. The monoisotopic (exact) mass is 667 g/mol. The number of halogens is 3. The summed E-state index contributed by atoms with van der Waals surface area (Å²) in [7, 11) is 0. The summed E-state index contributed by atoms with van der Waals surface area (Å²) in [5.74, 6) is 0.393. The zero-order valence-electron chi connectivity index (χ0n) is 27.7. The quantitative estimate of drug-likeness (QED) is 0.210. The number of fused-ring (bicyclic) bond motifs is 4. The van der Waals surface area contributed by atoms with Crippen LogP contribution in [0.15, 0.2) is 36.4 Å². The van der Waals surface area contributed by atoms with Gasteiger partial charge in [-0.1, -0.05) is 18.1 Å². The van der Waals surface area contributed by atoms with Crippen LogP contribution in [-0.4, -0.2) is 77.3 Å². The first-order chi connectivity index (χ1) is 23.6. The second-order valence-corrected chi connectivity index (χ2v) is 15.4. The van der Waals surface area contributed by atoms with E-state index in [0.29, 0.717) is 83.5 Å². The van der Waals surface area contributed by atoms with Crippen molar-refractivity contribution in [2.24, 2.45) is 10.8 Å². The SMILES string of the molecule is C#Cc1cccc2cc(O)cc(-c3c(C)cc4c(N5CC6CCC(C5)N6)nc(OCC5(CN6CCC7(CC6)CC7(F)F)CC5)nc4c3F)c12. The van der Waals surface area contributed by atoms with E-state index >= 15 is 4.39 Å². The number of aryl methyl sites for hydroxylation is 1. The maximum atomic E-state index is 17.2. The molecule has 5 fully saturated rings. The summed E-state index contributed by atoms with van der Waals surface area (Å²) in [5.41, 5.74) is 1.43. The molecule has 2 atom stereocenters. The van der Waals surface area contributed by atoms with Gasteiger partial charge in [-0.15, -0.1) is 6.42 Å². The number of likely N-dealkylation sites (tertiary alicyclic amines) is 1. The van der Waals surface area contributed by atoms with E-state index in [1.165, 1.54) is 0 Å². The Bertz CT molecular complexity index is 2040. The lowest BCUT2D eigenvalue weighted by Crippen LogP contribution is -2.51. The van der Waals surface area contributed by atoms with Crippen molar-refractivity contribution in [3.63, 3.8) is 0 Å². The van der Waals surface area contributed by atoms with Gasteiger partial charge in [-0.25, -0.2) is 13.2 Å². The Balaban J connectivity index is 1.08. The molecule has 254 valence electrons. The van der Waals surface area contributed by atoms with Crippen molar-refractivity contribution in [3.8, 4) is 35.2 Å². The maximum absolute atomic E-state index is 17.2. The first-order valence-electron chi connectivity index (χ1n) is 17.5. The van der Waals surface area contributed by atoms with E-state index in [0.717, 1.165) is 50.7 Å². The standard InChI is InChI=1S/C39H40F3N5O2/c1-3-24-5-4-6-25-16-28(48)17-29(32(24)25)31-23(2)15-30-34(33(31)40)44-36(45-35(30)47-18-26-7-8-27(19-47)43-26)49-22-37(9-10-37)21-46-13-11-38(12-14-46)20-39(38,41)42/h1,4-6,15-17,26-27,43,48H,7-14,18-22H2,2H3. The van der Waals surface area contributed by atoms with E-state index in [9.17, 15) is 13.9 Å². The number of benzene rings is 3. The van der Waals surface area contributed by atoms with Gasteiger partial charge in [-0.2, -0.15) is 9.97 Å². The molecule has 1 spiro atoms. The van der Waals surface area contributed by atoms with Gasteiger partial charge in [0.2, 0.25) is 0 Å². The largest absolute Gasteiger partial charge is 0.508 e. The molecule has 3 saturated heterocycles. The van der Waals surface area contributed by atoms with Crippen LogP contribution in [0.4, 0.5) is 19.0 Å². The van der Waals surface area contributed by atoms with Gasteiger partial charge in [-0.3, -0.25) is 0 Å². The molecule has 7 nitrogen and oxygen atoms in total. The second-order valence-electron chi connectivity index (χ2n) is 15.4. The number of anilines is 1. The topological polar surface area (TPSA) is 73.8 Å². The molecule has 2 N–H and O–H groups in total. The summed E-state index contributed by atoms with van der Waals surface area (Å²) in [4.78, 5) is 14.2. The molecule has 5 aliphatic rings. The zero-order chi connectivity index (χ0) is 33.7. The highest BCUT2D eigenvalue weighted by atomic mass is 19.3. The van der Waals surface area contributed by atoms with E-state index in [-0.39, 0.29) is 29.1 Å². The van der Waals surface area contributed by atoms with Crippen LogP contribution >= 0.6 is 0 Å². The lowest BCUT2D eigenvalue weighted by molar-refractivity contribution is 0.0252. The summed E-state index contributed by atoms with van der Waals surface area (Å²) in [6.45, 7) is 5.90. The molecule has 4 heterocycles. The molecule has 2 saturated carbocycles. The summed E-state index contributed by atoms with van der Waals surface area (Å²) >= 11 is 0. The Morgan fingerprint density at radius 1 is 1.06 bits per heavy atom. The van der Waals surface area contributed by atoms with Crippen LogP contribution in [-0.2, 0) is 0 Å². The molecule has 49 heavy (non-hydrogen) atoms. The van der Waals surface area contributed by atoms with Crippen molar-refractivity contribution in [1.29, 1.82) is 0 Å². The van der Waals surface area contributed by atoms with Gasteiger partial charge in [0.25, 0.3) is 5.92 Å². The highest BCUT2D eigenvalue weighted by Gasteiger charge is 2.70. The third-order valence-electron chi connectivity index (χ3n) is 12.0. The number of piperazine rings is 1. The lowest BCUT2D eigenvalue weighted by atomic mass is 9.90. The third-order valence-corrected chi connectivity index (χ3v) is 12.0. The minimum Gasteiger partial charge on any atom is -0.508 e. The van der Waals surface area contributed by atoms with Crippen molar-refractivity contribution in [1.82, 2.24) is 20.2 Å². The number of nitrogens with one attached hydrogen (secondary N) is 1. The van der Waals surface area contributed by atoms with E-state index in [2.05, 4.69) is 21.0 Å².